The molecule has 0 spiro atoms. The monoisotopic (exact) mass is 618 g/mol. The van der Waals surface area contributed by atoms with E-state index in [1.165, 1.54) is 0 Å². The van der Waals surface area contributed by atoms with Crippen molar-refractivity contribution in [1.29, 1.82) is 0 Å². The molecule has 45 heavy (non-hydrogen) atoms. The molecule has 3 atom stereocenters. The number of aliphatic hydroxyl groups excluding tert-OH is 1. The van der Waals surface area contributed by atoms with Crippen molar-refractivity contribution >= 4 is 17.8 Å². The molecule has 2 aliphatic rings. The van der Waals surface area contributed by atoms with Gasteiger partial charge in [0.25, 0.3) is 0 Å². The van der Waals surface area contributed by atoms with Crippen LogP contribution in [0.3, 0.4) is 0 Å². The summed E-state index contributed by atoms with van der Waals surface area (Å²) >= 11 is 0. The van der Waals surface area contributed by atoms with Crippen molar-refractivity contribution in [3.63, 3.8) is 0 Å². The number of hydrogen-bond acceptors (Lipinski definition) is 10. The number of ether oxygens (including phenoxy) is 2. The Hall–Kier alpha value is -3.94. The second kappa shape index (κ2) is 16.4. The lowest BCUT2D eigenvalue weighted by molar-refractivity contribution is -0.253. The number of carbonyl (C=O) groups is 2. The number of nitrogens with zero attached hydrogens (tertiary/aromatic N) is 4. The van der Waals surface area contributed by atoms with Gasteiger partial charge in [0.05, 0.1) is 18.8 Å². The van der Waals surface area contributed by atoms with E-state index in [0.29, 0.717) is 32.2 Å². The van der Waals surface area contributed by atoms with E-state index < -0.39 is 12.2 Å². The van der Waals surface area contributed by atoms with Crippen LogP contribution in [0.25, 0.3) is 0 Å². The van der Waals surface area contributed by atoms with Crippen molar-refractivity contribution in [1.82, 2.24) is 25.7 Å². The van der Waals surface area contributed by atoms with Crippen molar-refractivity contribution in [3.8, 4) is 0 Å². The largest absolute Gasteiger partial charge is 0.392 e. The highest BCUT2D eigenvalue weighted by molar-refractivity contribution is 5.76. The highest BCUT2D eigenvalue weighted by Gasteiger charge is 2.34. The third kappa shape index (κ3) is 9.52. The number of hydrogen-bond donors (Lipinski definition) is 4. The molecule has 2 amide bonds. The molecule has 0 aliphatic carbocycles. The summed E-state index contributed by atoms with van der Waals surface area (Å²) in [6.07, 6.45) is 5.09. The molecule has 1 aromatic heterocycles. The zero-order valence-corrected chi connectivity index (χ0v) is 25.4. The van der Waals surface area contributed by atoms with Crippen molar-refractivity contribution in [2.45, 2.75) is 63.8 Å². The van der Waals surface area contributed by atoms with Gasteiger partial charge in [-0.3, -0.25) is 19.7 Å². The number of aliphatic hydroxyl groups is 1. The standard InChI is InChI=1S/C33H42N6O6/c40-23-25-8-10-26(11-9-25)29-20-28(22-38-16-18-39(19-17-38)33-34-14-3-15-35-33)44-32(45-29)27-12-6-24(7-13-27)21-36-30(41)4-1-2-5-31(42)37-43/h3,6-15,28-29,32,40,43H,1-2,4-5,16-23H2,(H,36,41)(H,37,42)/t28-,29+,32+/m1/s1. The topological polar surface area (TPSA) is 149 Å². The van der Waals surface area contributed by atoms with Gasteiger partial charge < -0.3 is 24.8 Å². The lowest BCUT2D eigenvalue weighted by Gasteiger charge is -2.40. The van der Waals surface area contributed by atoms with Crippen LogP contribution in [0.4, 0.5) is 5.95 Å². The van der Waals surface area contributed by atoms with E-state index in [-0.39, 0.29) is 31.1 Å². The van der Waals surface area contributed by atoms with Gasteiger partial charge in [0.2, 0.25) is 17.8 Å². The van der Waals surface area contributed by atoms with Crippen molar-refractivity contribution < 1.29 is 29.4 Å². The van der Waals surface area contributed by atoms with Crippen molar-refractivity contribution in [2.24, 2.45) is 0 Å². The number of unbranched alkanes of at least 4 members (excludes halogenated alkanes) is 1. The zero-order valence-electron chi connectivity index (χ0n) is 25.4. The summed E-state index contributed by atoms with van der Waals surface area (Å²) in [7, 11) is 0. The molecule has 2 aromatic carbocycles. The Bertz CT molecular complexity index is 1350. The van der Waals surface area contributed by atoms with Gasteiger partial charge in [-0.15, -0.1) is 0 Å². The van der Waals surface area contributed by atoms with Gasteiger partial charge in [-0.1, -0.05) is 48.5 Å². The first-order chi connectivity index (χ1) is 22.0. The van der Waals surface area contributed by atoms with Crippen LogP contribution in [0, 0.1) is 0 Å². The number of anilines is 1. The Morgan fingerprint density at radius 2 is 1.49 bits per heavy atom. The average molecular weight is 619 g/mol. The van der Waals surface area contributed by atoms with E-state index in [0.717, 1.165) is 60.9 Å². The number of piperazine rings is 1. The van der Waals surface area contributed by atoms with Crippen LogP contribution in [-0.2, 0) is 32.2 Å². The normalized spacial score (nSPS) is 20.5. The van der Waals surface area contributed by atoms with Gasteiger partial charge >= 0.3 is 0 Å². The minimum atomic E-state index is -0.551. The molecule has 5 rings (SSSR count). The maximum atomic E-state index is 12.2. The average Bonchev–Trinajstić information content (AvgIpc) is 3.10. The third-order valence-electron chi connectivity index (χ3n) is 8.21. The smallest absolute Gasteiger partial charge is 0.243 e. The molecule has 0 radical (unpaired) electrons. The number of nitrogens with one attached hydrogen (secondary N) is 2. The summed E-state index contributed by atoms with van der Waals surface area (Å²) in [6.45, 7) is 4.64. The van der Waals surface area contributed by atoms with E-state index >= 15 is 0 Å². The molecule has 0 bridgehead atoms. The Kier molecular flexibility index (Phi) is 11.8. The van der Waals surface area contributed by atoms with Crippen LogP contribution in [-0.4, -0.2) is 75.8 Å². The summed E-state index contributed by atoms with van der Waals surface area (Å²) < 4.78 is 13.0. The van der Waals surface area contributed by atoms with Crippen molar-refractivity contribution in [3.05, 3.63) is 89.2 Å². The molecular formula is C33H42N6O6. The fraction of sp³-hybridized carbons (Fsp3) is 0.455. The molecule has 2 fully saturated rings. The molecule has 2 aliphatic heterocycles. The maximum absolute atomic E-state index is 12.2. The van der Waals surface area contributed by atoms with Gasteiger partial charge in [0, 0.05) is 76.5 Å². The molecule has 12 nitrogen and oxygen atoms in total. The molecule has 4 N–H and O–H groups in total. The molecule has 3 heterocycles. The predicted molar refractivity (Wildman–Crippen MR) is 166 cm³/mol. The number of amides is 2. The molecule has 240 valence electrons. The fourth-order valence-electron chi connectivity index (χ4n) is 5.61. The first-order valence-electron chi connectivity index (χ1n) is 15.5. The highest BCUT2D eigenvalue weighted by Crippen LogP contribution is 2.38. The lowest BCUT2D eigenvalue weighted by atomic mass is 9.99. The summed E-state index contributed by atoms with van der Waals surface area (Å²) in [5.41, 5.74) is 5.36. The molecule has 3 aromatic rings. The van der Waals surface area contributed by atoms with Crippen LogP contribution in [0.2, 0.25) is 0 Å². The van der Waals surface area contributed by atoms with E-state index in [1.54, 1.807) is 17.9 Å². The molecule has 0 unspecified atom stereocenters. The SMILES string of the molecule is O=C(CCCCC(=O)NCc1ccc([C@H]2O[C@@H](CN3CCN(c4ncccn4)CC3)C[C@@H](c3ccc(CO)cc3)O2)cc1)NO. The Labute approximate surface area is 263 Å². The number of rotatable bonds is 13. The van der Waals surface area contributed by atoms with E-state index in [1.807, 2.05) is 54.6 Å². The molecule has 12 heteroatoms. The van der Waals surface area contributed by atoms with Crippen LogP contribution in [0.15, 0.2) is 67.0 Å². The number of carbonyl (C=O) groups excluding carboxylic acids is 2. The van der Waals surface area contributed by atoms with Crippen molar-refractivity contribution in [2.75, 3.05) is 37.6 Å². The van der Waals surface area contributed by atoms with Gasteiger partial charge in [-0.05, 0) is 35.6 Å². The third-order valence-corrected chi connectivity index (χ3v) is 8.21. The first kappa shape index (κ1) is 32.5. The maximum Gasteiger partial charge on any atom is 0.243 e. The summed E-state index contributed by atoms with van der Waals surface area (Å²) in [4.78, 5) is 36.7. The van der Waals surface area contributed by atoms with Crippen LogP contribution < -0.4 is 15.7 Å². The van der Waals surface area contributed by atoms with E-state index in [9.17, 15) is 14.7 Å². The Morgan fingerprint density at radius 3 is 2.16 bits per heavy atom. The number of aromatic nitrogens is 2. The van der Waals surface area contributed by atoms with E-state index in [2.05, 4.69) is 25.1 Å². The van der Waals surface area contributed by atoms with Crippen LogP contribution >= 0.6 is 0 Å². The molecule has 0 saturated carbocycles. The Morgan fingerprint density at radius 1 is 0.844 bits per heavy atom. The minimum absolute atomic E-state index is 0.00365. The van der Waals surface area contributed by atoms with Crippen LogP contribution in [0.1, 0.15) is 66.8 Å². The molecule has 2 saturated heterocycles. The van der Waals surface area contributed by atoms with Gasteiger partial charge in [0.1, 0.15) is 0 Å². The first-order valence-corrected chi connectivity index (χ1v) is 15.5. The van der Waals surface area contributed by atoms with Crippen LogP contribution in [0.5, 0.6) is 0 Å². The second-order valence-electron chi connectivity index (χ2n) is 11.4. The minimum Gasteiger partial charge on any atom is -0.392 e. The predicted octanol–water partition coefficient (Wildman–Crippen LogP) is 3.02. The van der Waals surface area contributed by atoms with Gasteiger partial charge in [-0.2, -0.15) is 0 Å². The fourth-order valence-corrected chi connectivity index (χ4v) is 5.61. The zero-order chi connectivity index (χ0) is 31.4. The molecular weight excluding hydrogens is 576 g/mol. The lowest BCUT2D eigenvalue weighted by Crippen LogP contribution is -2.50. The van der Waals surface area contributed by atoms with Gasteiger partial charge in [0.15, 0.2) is 6.29 Å². The number of hydroxylamine groups is 1. The second-order valence-corrected chi connectivity index (χ2v) is 11.4. The summed E-state index contributed by atoms with van der Waals surface area (Å²) in [5.74, 6) is 0.229. The quantitative estimate of drug-likeness (QED) is 0.128. The Balaban J connectivity index is 1.18. The summed E-state index contributed by atoms with van der Waals surface area (Å²) in [5, 5.41) is 21.0. The number of benzene rings is 2. The highest BCUT2D eigenvalue weighted by atomic mass is 16.7. The van der Waals surface area contributed by atoms with E-state index in [4.69, 9.17) is 14.7 Å². The summed E-state index contributed by atoms with van der Waals surface area (Å²) in [6, 6.07) is 17.6. The van der Waals surface area contributed by atoms with Gasteiger partial charge in [-0.25, -0.2) is 15.4 Å².